The first-order valence-corrected chi connectivity index (χ1v) is 12.0. The molecule has 35 heavy (non-hydrogen) atoms. The van der Waals surface area contributed by atoms with Crippen molar-refractivity contribution in [3.05, 3.63) is 58.1 Å². The Morgan fingerprint density at radius 2 is 1.66 bits per heavy atom. The van der Waals surface area contributed by atoms with E-state index in [0.717, 1.165) is 25.7 Å². The van der Waals surface area contributed by atoms with Gasteiger partial charge in [-0.1, -0.05) is 12.8 Å². The number of benzene rings is 2. The first-order chi connectivity index (χ1) is 17.0. The Labute approximate surface area is 202 Å². The quantitative estimate of drug-likeness (QED) is 0.498. The average molecular weight is 481 g/mol. The molecule has 2 amide bonds. The standard InChI is InChI=1S/C25H28N4O6/c30-24(26-19-7-10-21-22(15-19)35-16-34-21)23(17-3-1-2-4-17)27-11-13-28(14-12-27)25(31)18-5-8-20(9-6-18)29(32)33/h5-10,15,17,23H,1-4,11-14,16H2,(H,26,30). The van der Waals surface area contributed by atoms with Crippen molar-refractivity contribution >= 4 is 23.2 Å². The van der Waals surface area contributed by atoms with Gasteiger partial charge in [0, 0.05) is 55.6 Å². The summed E-state index contributed by atoms with van der Waals surface area (Å²) in [5, 5.41) is 13.9. The molecule has 2 aliphatic heterocycles. The summed E-state index contributed by atoms with van der Waals surface area (Å²) in [6.07, 6.45) is 4.27. The highest BCUT2D eigenvalue weighted by Crippen LogP contribution is 2.35. The van der Waals surface area contributed by atoms with E-state index in [0.29, 0.717) is 48.9 Å². The van der Waals surface area contributed by atoms with Crippen LogP contribution >= 0.6 is 0 Å². The van der Waals surface area contributed by atoms with E-state index in [1.165, 1.54) is 24.3 Å². The van der Waals surface area contributed by atoms with E-state index < -0.39 is 4.92 Å². The third-order valence-corrected chi connectivity index (χ3v) is 7.08. The largest absolute Gasteiger partial charge is 0.454 e. The predicted molar refractivity (Wildman–Crippen MR) is 128 cm³/mol. The number of nitrogens with zero attached hydrogens (tertiary/aromatic N) is 3. The maximum atomic E-state index is 13.5. The normalized spacial score (nSPS) is 18.9. The SMILES string of the molecule is O=C(Nc1ccc2c(c1)OCO2)C(C1CCCC1)N1CCN(C(=O)c2ccc([N+](=O)[O-])cc2)CC1. The molecule has 0 aromatic heterocycles. The number of fused-ring (bicyclic) bond motifs is 1. The van der Waals surface area contributed by atoms with Crippen molar-refractivity contribution in [3.8, 4) is 11.5 Å². The first-order valence-electron chi connectivity index (χ1n) is 12.0. The lowest BCUT2D eigenvalue weighted by molar-refractivity contribution is -0.384. The minimum atomic E-state index is -0.481. The smallest absolute Gasteiger partial charge is 0.269 e. The van der Waals surface area contributed by atoms with Gasteiger partial charge in [-0.3, -0.25) is 24.6 Å². The Kier molecular flexibility index (Phi) is 6.54. The highest BCUT2D eigenvalue weighted by Gasteiger charge is 2.37. The van der Waals surface area contributed by atoms with E-state index in [1.807, 2.05) is 6.07 Å². The molecule has 0 radical (unpaired) electrons. The van der Waals surface area contributed by atoms with Crippen LogP contribution in [0.4, 0.5) is 11.4 Å². The molecule has 2 heterocycles. The molecule has 10 nitrogen and oxygen atoms in total. The van der Waals surface area contributed by atoms with Gasteiger partial charge in [-0.15, -0.1) is 0 Å². The summed E-state index contributed by atoms with van der Waals surface area (Å²) < 4.78 is 10.8. The topological polar surface area (TPSA) is 114 Å². The minimum absolute atomic E-state index is 0.0362. The molecule has 1 aliphatic carbocycles. The van der Waals surface area contributed by atoms with Crippen LogP contribution < -0.4 is 14.8 Å². The van der Waals surface area contributed by atoms with E-state index in [1.54, 1.807) is 17.0 Å². The summed E-state index contributed by atoms with van der Waals surface area (Å²) in [6, 6.07) is 10.8. The van der Waals surface area contributed by atoms with E-state index in [-0.39, 0.29) is 36.3 Å². The van der Waals surface area contributed by atoms with E-state index in [2.05, 4.69) is 10.2 Å². The lowest BCUT2D eigenvalue weighted by Gasteiger charge is -2.40. The van der Waals surface area contributed by atoms with Crippen LogP contribution in [0.5, 0.6) is 11.5 Å². The third kappa shape index (κ3) is 4.93. The molecule has 3 aliphatic rings. The second-order valence-corrected chi connectivity index (χ2v) is 9.18. The molecule has 184 valence electrons. The lowest BCUT2D eigenvalue weighted by Crippen LogP contribution is -2.56. The van der Waals surface area contributed by atoms with Crippen LogP contribution in [0.25, 0.3) is 0 Å². The maximum Gasteiger partial charge on any atom is 0.269 e. The number of carbonyl (C=O) groups is 2. The second-order valence-electron chi connectivity index (χ2n) is 9.18. The van der Waals surface area contributed by atoms with Crippen molar-refractivity contribution in [3.63, 3.8) is 0 Å². The van der Waals surface area contributed by atoms with Crippen molar-refractivity contribution < 1.29 is 24.0 Å². The predicted octanol–water partition coefficient (Wildman–Crippen LogP) is 3.28. The molecule has 1 saturated heterocycles. The number of nitro groups is 1. The van der Waals surface area contributed by atoms with Gasteiger partial charge in [0.1, 0.15) is 0 Å². The zero-order valence-corrected chi connectivity index (χ0v) is 19.4. The van der Waals surface area contributed by atoms with E-state index >= 15 is 0 Å². The Hall–Kier alpha value is -3.66. The van der Waals surface area contributed by atoms with Gasteiger partial charge < -0.3 is 19.7 Å². The molecular weight excluding hydrogens is 452 g/mol. The number of non-ortho nitro benzene ring substituents is 1. The van der Waals surface area contributed by atoms with E-state index in [4.69, 9.17) is 9.47 Å². The van der Waals surface area contributed by atoms with Crippen molar-refractivity contribution in [2.75, 3.05) is 38.3 Å². The van der Waals surface area contributed by atoms with Gasteiger partial charge in [0.25, 0.3) is 11.6 Å². The van der Waals surface area contributed by atoms with Crippen LogP contribution in [0.2, 0.25) is 0 Å². The Morgan fingerprint density at radius 1 is 0.971 bits per heavy atom. The Morgan fingerprint density at radius 3 is 2.34 bits per heavy atom. The zero-order valence-electron chi connectivity index (χ0n) is 19.4. The zero-order chi connectivity index (χ0) is 24.4. The summed E-state index contributed by atoms with van der Waals surface area (Å²) >= 11 is 0. The molecule has 1 saturated carbocycles. The third-order valence-electron chi connectivity index (χ3n) is 7.08. The van der Waals surface area contributed by atoms with Gasteiger partial charge in [0.05, 0.1) is 11.0 Å². The number of nitro benzene ring substituents is 1. The van der Waals surface area contributed by atoms with Crippen molar-refractivity contribution in [1.29, 1.82) is 0 Å². The molecule has 5 rings (SSSR count). The van der Waals surface area contributed by atoms with Gasteiger partial charge in [0.15, 0.2) is 11.5 Å². The van der Waals surface area contributed by atoms with Crippen LogP contribution in [0, 0.1) is 16.0 Å². The van der Waals surface area contributed by atoms with Gasteiger partial charge in [-0.05, 0) is 43.0 Å². The number of ether oxygens (including phenoxy) is 2. The molecule has 0 spiro atoms. The number of carbonyl (C=O) groups excluding carboxylic acids is 2. The molecular formula is C25H28N4O6. The number of hydrogen-bond donors (Lipinski definition) is 1. The monoisotopic (exact) mass is 480 g/mol. The fraction of sp³-hybridized carbons (Fsp3) is 0.440. The molecule has 2 aromatic carbocycles. The highest BCUT2D eigenvalue weighted by molar-refractivity contribution is 5.96. The van der Waals surface area contributed by atoms with Crippen LogP contribution in [0.15, 0.2) is 42.5 Å². The summed E-state index contributed by atoms with van der Waals surface area (Å²) in [5.74, 6) is 1.39. The molecule has 1 N–H and O–H groups in total. The van der Waals surface area contributed by atoms with Gasteiger partial charge in [-0.2, -0.15) is 0 Å². The first kappa shape index (κ1) is 23.1. The Balaban J connectivity index is 1.24. The van der Waals surface area contributed by atoms with Gasteiger partial charge >= 0.3 is 0 Å². The number of anilines is 1. The number of hydrogen-bond acceptors (Lipinski definition) is 7. The van der Waals surface area contributed by atoms with Crippen molar-refractivity contribution in [2.24, 2.45) is 5.92 Å². The average Bonchev–Trinajstić information content (AvgIpc) is 3.56. The summed E-state index contributed by atoms with van der Waals surface area (Å²) in [7, 11) is 0. The van der Waals surface area contributed by atoms with E-state index in [9.17, 15) is 19.7 Å². The molecule has 10 heteroatoms. The lowest BCUT2D eigenvalue weighted by atomic mass is 9.94. The van der Waals surface area contributed by atoms with Crippen LogP contribution in [-0.2, 0) is 4.79 Å². The van der Waals surface area contributed by atoms with Crippen molar-refractivity contribution in [2.45, 2.75) is 31.7 Å². The fourth-order valence-electron chi connectivity index (χ4n) is 5.25. The van der Waals surface area contributed by atoms with Gasteiger partial charge in [-0.25, -0.2) is 0 Å². The fourth-order valence-corrected chi connectivity index (χ4v) is 5.25. The van der Waals surface area contributed by atoms with Crippen LogP contribution in [-0.4, -0.2) is 65.6 Å². The molecule has 2 aromatic rings. The second kappa shape index (κ2) is 9.91. The minimum Gasteiger partial charge on any atom is -0.454 e. The summed E-state index contributed by atoms with van der Waals surface area (Å²) in [4.78, 5) is 40.7. The number of amides is 2. The molecule has 1 unspecified atom stereocenters. The van der Waals surface area contributed by atoms with Crippen LogP contribution in [0.3, 0.4) is 0 Å². The molecule has 1 atom stereocenters. The summed E-state index contributed by atoms with van der Waals surface area (Å²) in [5.41, 5.74) is 1.06. The number of nitrogens with one attached hydrogen (secondary N) is 1. The number of rotatable bonds is 6. The maximum absolute atomic E-state index is 13.5. The molecule has 0 bridgehead atoms. The Bertz CT molecular complexity index is 1110. The highest BCUT2D eigenvalue weighted by atomic mass is 16.7. The van der Waals surface area contributed by atoms with Gasteiger partial charge in [0.2, 0.25) is 12.7 Å². The summed E-state index contributed by atoms with van der Waals surface area (Å²) in [6.45, 7) is 2.36. The number of piperazine rings is 1. The van der Waals surface area contributed by atoms with Crippen molar-refractivity contribution in [1.82, 2.24) is 9.80 Å². The molecule has 2 fully saturated rings. The van der Waals surface area contributed by atoms with Crippen LogP contribution in [0.1, 0.15) is 36.0 Å².